The largest absolute Gasteiger partial charge is 0.497 e. The number of carbonyl (C=O) groups excluding carboxylic acids is 1. The Morgan fingerprint density at radius 1 is 1.29 bits per heavy atom. The maximum absolute atomic E-state index is 12.4. The summed E-state index contributed by atoms with van der Waals surface area (Å²) in [4.78, 5) is 12.0. The lowest BCUT2D eigenvalue weighted by atomic mass is 10.2. The van der Waals surface area contributed by atoms with Crippen molar-refractivity contribution in [2.75, 3.05) is 26.5 Å². The molecule has 1 fully saturated rings. The first-order chi connectivity index (χ1) is 14.7. The zero-order chi connectivity index (χ0) is 22.6. The molecule has 0 aliphatic carbocycles. The molecule has 31 heavy (non-hydrogen) atoms. The summed E-state index contributed by atoms with van der Waals surface area (Å²) in [6.07, 6.45) is 1.93. The van der Waals surface area contributed by atoms with Gasteiger partial charge in [-0.25, -0.2) is 17.9 Å². The van der Waals surface area contributed by atoms with Crippen LogP contribution >= 0.6 is 11.8 Å². The molecule has 0 spiro atoms. The zero-order valence-corrected chi connectivity index (χ0v) is 19.8. The van der Waals surface area contributed by atoms with Crippen LogP contribution < -0.4 is 4.74 Å². The first-order valence-electron chi connectivity index (χ1n) is 10.0. The summed E-state index contributed by atoms with van der Waals surface area (Å²) in [6, 6.07) is 7.62. The highest BCUT2D eigenvalue weighted by Crippen LogP contribution is 2.32. The minimum absolute atomic E-state index is 0.162. The lowest BCUT2D eigenvalue weighted by Gasteiger charge is -2.22. The van der Waals surface area contributed by atoms with Crippen molar-refractivity contribution in [3.63, 3.8) is 0 Å². The van der Waals surface area contributed by atoms with Gasteiger partial charge < -0.3 is 9.47 Å². The maximum Gasteiger partial charge on any atom is 0.360 e. The molecule has 1 aliphatic rings. The predicted octanol–water partition coefficient (Wildman–Crippen LogP) is 2.11. The second kappa shape index (κ2) is 10.0. The number of thioether (sulfide) groups is 1. The van der Waals surface area contributed by atoms with E-state index >= 15 is 0 Å². The Balaban J connectivity index is 1.68. The molecule has 1 aromatic carbocycles. The normalized spacial score (nSPS) is 19.5. The van der Waals surface area contributed by atoms with E-state index in [9.17, 15) is 13.2 Å². The van der Waals surface area contributed by atoms with Crippen molar-refractivity contribution in [2.24, 2.45) is 0 Å². The molecule has 2 atom stereocenters. The minimum atomic E-state index is -3.38. The molecule has 0 N–H and O–H groups in total. The average Bonchev–Trinajstić information content (AvgIpc) is 3.31. The van der Waals surface area contributed by atoms with Crippen molar-refractivity contribution in [3.8, 4) is 5.75 Å². The number of esters is 1. The van der Waals surface area contributed by atoms with Gasteiger partial charge in [0, 0.05) is 23.6 Å². The van der Waals surface area contributed by atoms with Crippen LogP contribution in [-0.2, 0) is 27.1 Å². The molecule has 2 unspecified atom stereocenters. The van der Waals surface area contributed by atoms with Gasteiger partial charge in [0.25, 0.3) is 0 Å². The van der Waals surface area contributed by atoms with Crippen LogP contribution in [0.15, 0.2) is 24.3 Å². The second-order valence-corrected chi connectivity index (χ2v) is 10.7. The third kappa shape index (κ3) is 5.78. The van der Waals surface area contributed by atoms with Crippen LogP contribution in [0.25, 0.3) is 0 Å². The van der Waals surface area contributed by atoms with E-state index in [2.05, 4.69) is 10.3 Å². The Bertz CT molecular complexity index is 1010. The smallest absolute Gasteiger partial charge is 0.360 e. The molecule has 1 aromatic heterocycles. The summed E-state index contributed by atoms with van der Waals surface area (Å²) >= 11 is 1.74. The van der Waals surface area contributed by atoms with E-state index in [1.807, 2.05) is 24.3 Å². The number of ether oxygens (including phenoxy) is 2. The number of aromatic nitrogens is 3. The van der Waals surface area contributed by atoms with Crippen LogP contribution in [0.3, 0.4) is 0 Å². The van der Waals surface area contributed by atoms with E-state index in [-0.39, 0.29) is 23.6 Å². The summed E-state index contributed by atoms with van der Waals surface area (Å²) in [5.41, 5.74) is 1.89. The average molecular weight is 469 g/mol. The molecule has 9 nitrogen and oxygen atoms in total. The highest BCUT2D eigenvalue weighted by molar-refractivity contribution is 7.99. The van der Waals surface area contributed by atoms with Crippen molar-refractivity contribution in [2.45, 2.75) is 43.9 Å². The monoisotopic (exact) mass is 468 g/mol. The van der Waals surface area contributed by atoms with Crippen molar-refractivity contribution in [3.05, 3.63) is 41.2 Å². The Morgan fingerprint density at radius 3 is 2.61 bits per heavy atom. The third-order valence-electron chi connectivity index (χ3n) is 5.23. The molecule has 0 bridgehead atoms. The van der Waals surface area contributed by atoms with E-state index in [0.717, 1.165) is 17.1 Å². The Labute approximate surface area is 187 Å². The first kappa shape index (κ1) is 23.6. The molecule has 2 heterocycles. The maximum atomic E-state index is 12.4. The van der Waals surface area contributed by atoms with E-state index in [1.54, 1.807) is 37.4 Å². The van der Waals surface area contributed by atoms with E-state index < -0.39 is 16.0 Å². The van der Waals surface area contributed by atoms with Gasteiger partial charge in [-0.3, -0.25) is 0 Å². The summed E-state index contributed by atoms with van der Waals surface area (Å²) in [5.74, 6) is 1.07. The number of rotatable bonds is 9. The van der Waals surface area contributed by atoms with Crippen LogP contribution in [0.1, 0.15) is 35.1 Å². The molecule has 170 valence electrons. The number of hydrogen-bond donors (Lipinski definition) is 0. The van der Waals surface area contributed by atoms with Gasteiger partial charge in [-0.15, -0.1) is 5.10 Å². The fourth-order valence-corrected chi connectivity index (χ4v) is 6.08. The molecule has 1 aliphatic heterocycles. The van der Waals surface area contributed by atoms with Crippen molar-refractivity contribution >= 4 is 27.8 Å². The van der Waals surface area contributed by atoms with Crippen molar-refractivity contribution < 1.29 is 22.7 Å². The Kier molecular flexibility index (Phi) is 7.60. The van der Waals surface area contributed by atoms with Crippen molar-refractivity contribution in [1.82, 2.24) is 19.3 Å². The minimum Gasteiger partial charge on any atom is -0.497 e. The van der Waals surface area contributed by atoms with Gasteiger partial charge in [0.05, 0.1) is 32.2 Å². The summed E-state index contributed by atoms with van der Waals surface area (Å²) in [5, 5.41) is 8.15. The topological polar surface area (TPSA) is 104 Å². The van der Waals surface area contributed by atoms with Crippen LogP contribution in [-0.4, -0.2) is 71.5 Å². The van der Waals surface area contributed by atoms with Gasteiger partial charge in [-0.05, 0) is 38.0 Å². The second-order valence-electron chi connectivity index (χ2n) is 7.43. The van der Waals surface area contributed by atoms with Gasteiger partial charge in [0.1, 0.15) is 5.75 Å². The Hall–Kier alpha value is -2.11. The molecule has 0 saturated carbocycles. The van der Waals surface area contributed by atoms with Gasteiger partial charge in [0.2, 0.25) is 10.0 Å². The molecule has 1 saturated heterocycles. The van der Waals surface area contributed by atoms with E-state index in [4.69, 9.17) is 9.47 Å². The molecule has 2 aromatic rings. The Morgan fingerprint density at radius 2 is 2.00 bits per heavy atom. The molecule has 11 heteroatoms. The van der Waals surface area contributed by atoms with Gasteiger partial charge >= 0.3 is 5.97 Å². The molecule has 0 radical (unpaired) electrons. The number of sulfonamides is 1. The molecular weight excluding hydrogens is 440 g/mol. The zero-order valence-electron chi connectivity index (χ0n) is 18.1. The lowest BCUT2D eigenvalue weighted by molar-refractivity contribution is 0.0518. The molecular formula is C20H28N4O5S2. The van der Waals surface area contributed by atoms with E-state index in [1.165, 1.54) is 10.6 Å². The molecule has 0 amide bonds. The summed E-state index contributed by atoms with van der Waals surface area (Å²) < 4.78 is 38.1. The number of nitrogens with zero attached hydrogens (tertiary/aromatic N) is 4. The number of carbonyl (C=O) groups is 1. The lowest BCUT2D eigenvalue weighted by Crippen LogP contribution is -2.38. The number of methoxy groups -OCH3 is 1. The van der Waals surface area contributed by atoms with Gasteiger partial charge in [0.15, 0.2) is 5.69 Å². The summed E-state index contributed by atoms with van der Waals surface area (Å²) in [6.45, 7) is 4.50. The van der Waals surface area contributed by atoms with Crippen LogP contribution in [0.5, 0.6) is 5.75 Å². The van der Waals surface area contributed by atoms with Gasteiger partial charge in [-0.2, -0.15) is 16.1 Å². The highest BCUT2D eigenvalue weighted by Gasteiger charge is 2.38. The fraction of sp³-hybridized carbons (Fsp3) is 0.550. The van der Waals surface area contributed by atoms with Crippen molar-refractivity contribution in [1.29, 1.82) is 0 Å². The van der Waals surface area contributed by atoms with Gasteiger partial charge in [-0.1, -0.05) is 17.3 Å². The quantitative estimate of drug-likeness (QED) is 0.516. The molecule has 3 rings (SSSR count). The first-order valence-corrected chi connectivity index (χ1v) is 12.9. The van der Waals surface area contributed by atoms with Crippen LogP contribution in [0.4, 0.5) is 0 Å². The summed E-state index contributed by atoms with van der Waals surface area (Å²) in [7, 11) is -1.74. The SMILES string of the molecule is CCOC(=O)c1nnn(CC2CC(SCc3ccc(OC)cc3)CN2S(C)(=O)=O)c1C. The fourth-order valence-electron chi connectivity index (χ4n) is 3.60. The van der Waals surface area contributed by atoms with Crippen LogP contribution in [0.2, 0.25) is 0 Å². The standard InChI is InChI=1S/C20H28N4O5S2/c1-5-29-20(25)19-14(2)23(22-21-19)11-16-10-18(12-24(16)31(4,26)27)30-13-15-6-8-17(28-3)9-7-15/h6-9,16,18H,5,10-13H2,1-4H3. The van der Waals surface area contributed by atoms with E-state index in [0.29, 0.717) is 25.2 Å². The van der Waals surface area contributed by atoms with Crippen LogP contribution in [0, 0.1) is 6.92 Å². The number of hydrogen-bond acceptors (Lipinski definition) is 8. The number of benzene rings is 1. The third-order valence-corrected chi connectivity index (χ3v) is 7.84. The highest BCUT2D eigenvalue weighted by atomic mass is 32.2. The predicted molar refractivity (Wildman–Crippen MR) is 119 cm³/mol.